The Morgan fingerprint density at radius 3 is 2.18 bits per heavy atom. The number of rotatable bonds is 10. The van der Waals surface area contributed by atoms with Crippen LogP contribution < -0.4 is 19.3 Å². The first-order chi connectivity index (χ1) is 18.3. The average molecular weight is 561 g/mol. The Bertz CT molecular complexity index is 1430. The van der Waals surface area contributed by atoms with Crippen molar-refractivity contribution in [1.29, 1.82) is 0 Å². The summed E-state index contributed by atoms with van der Waals surface area (Å²) in [5.74, 6) is -1.33. The van der Waals surface area contributed by atoms with Gasteiger partial charge >= 0.3 is 12.1 Å². The van der Waals surface area contributed by atoms with Crippen LogP contribution in [0.4, 0.5) is 26.6 Å². The lowest BCUT2D eigenvalue weighted by molar-refractivity contribution is -0.137. The molecule has 1 amide bonds. The molecule has 1 unspecified atom stereocenters. The highest BCUT2D eigenvalue weighted by atomic mass is 32.2. The lowest BCUT2D eigenvalue weighted by Gasteiger charge is -2.25. The minimum Gasteiger partial charge on any atom is -0.480 e. The Hall–Kier alpha value is -4.46. The van der Waals surface area contributed by atoms with Crippen LogP contribution in [0.3, 0.4) is 0 Å². The smallest absolute Gasteiger partial charge is 0.414 e. The number of ether oxygens (including phenoxy) is 1. The zero-order chi connectivity index (χ0) is 28.9. The maximum atomic E-state index is 13.4. The number of amides is 1. The molecule has 12 nitrogen and oxygen atoms in total. The number of nitrogens with one attached hydrogen (secondary N) is 1. The highest BCUT2D eigenvalue weighted by Crippen LogP contribution is 2.30. The fraction of sp³-hybridized carbons (Fsp3) is 0.280. The second-order valence-electron chi connectivity index (χ2n) is 8.87. The topological polar surface area (TPSA) is 145 Å². The molecule has 39 heavy (non-hydrogen) atoms. The number of benzene rings is 2. The number of halogens is 1. The second kappa shape index (κ2) is 11.9. The zero-order valence-electron chi connectivity index (χ0n) is 22.0. The zero-order valence-corrected chi connectivity index (χ0v) is 22.8. The van der Waals surface area contributed by atoms with Gasteiger partial charge in [0.25, 0.3) is 10.0 Å². The van der Waals surface area contributed by atoms with Crippen molar-refractivity contribution in [2.45, 2.75) is 17.4 Å². The number of hydrogen-bond donors (Lipinski definition) is 2. The summed E-state index contributed by atoms with van der Waals surface area (Å²) >= 11 is 0. The van der Waals surface area contributed by atoms with Crippen molar-refractivity contribution in [1.82, 2.24) is 14.9 Å². The molecule has 2 aromatic carbocycles. The molecule has 1 aromatic heterocycles. The number of carbonyl (C=O) groups excluding carboxylic acids is 1. The first-order valence-corrected chi connectivity index (χ1v) is 13.0. The SMILES string of the molecule is CN(C)C(=O)Oc1ccc(CC(Nc2nc(N(C)C)ncc2N(C)S(=O)(=O)c2ccc(F)cc2)C(=O)O)cc1. The normalized spacial score (nSPS) is 11.8. The van der Waals surface area contributed by atoms with Gasteiger partial charge in [-0.05, 0) is 42.0 Å². The third kappa shape index (κ3) is 7.10. The standard InChI is InChI=1S/C25H29FN6O6S/c1-30(2)24-27-15-21(32(5)39(36,37)19-12-8-17(26)9-13-19)22(29-24)28-20(23(33)34)14-16-6-10-18(11-7-16)38-25(35)31(3)4/h6-13,15,20H,14H2,1-5H3,(H,33,34)(H,27,28,29). The molecule has 0 spiro atoms. The number of nitrogens with zero attached hydrogens (tertiary/aromatic N) is 5. The van der Waals surface area contributed by atoms with Crippen LogP contribution in [0.2, 0.25) is 0 Å². The van der Waals surface area contributed by atoms with E-state index in [2.05, 4.69) is 15.3 Å². The van der Waals surface area contributed by atoms with Crippen LogP contribution in [-0.4, -0.2) is 81.7 Å². The molecule has 0 aliphatic carbocycles. The highest BCUT2D eigenvalue weighted by Gasteiger charge is 2.28. The van der Waals surface area contributed by atoms with Crippen molar-refractivity contribution in [3.05, 3.63) is 66.1 Å². The molecule has 0 saturated heterocycles. The molecule has 14 heteroatoms. The number of anilines is 3. The van der Waals surface area contributed by atoms with Crippen molar-refractivity contribution in [2.24, 2.45) is 0 Å². The number of aliphatic carboxylic acids is 1. The number of aromatic nitrogens is 2. The Kier molecular flexibility index (Phi) is 8.91. The Labute approximate surface area is 225 Å². The van der Waals surface area contributed by atoms with Gasteiger partial charge in [-0.25, -0.2) is 27.4 Å². The summed E-state index contributed by atoms with van der Waals surface area (Å²) in [7, 11) is 3.55. The van der Waals surface area contributed by atoms with Gasteiger partial charge in [-0.3, -0.25) is 4.31 Å². The monoisotopic (exact) mass is 560 g/mol. The van der Waals surface area contributed by atoms with Crippen LogP contribution in [0.5, 0.6) is 5.75 Å². The van der Waals surface area contributed by atoms with Gasteiger partial charge in [-0.1, -0.05) is 12.1 Å². The molecule has 0 radical (unpaired) electrons. The van der Waals surface area contributed by atoms with E-state index in [4.69, 9.17) is 4.74 Å². The summed E-state index contributed by atoms with van der Waals surface area (Å²) in [5, 5.41) is 12.8. The molecule has 0 bridgehead atoms. The summed E-state index contributed by atoms with van der Waals surface area (Å²) in [6, 6.07) is 9.41. The minimum absolute atomic E-state index is 0.00753. The number of carboxylic acid groups (broad SMARTS) is 1. The van der Waals surface area contributed by atoms with E-state index in [1.165, 1.54) is 18.1 Å². The number of hydrogen-bond acceptors (Lipinski definition) is 9. The third-order valence-electron chi connectivity index (χ3n) is 5.51. The first kappa shape index (κ1) is 29.1. The molecule has 1 atom stereocenters. The Morgan fingerprint density at radius 2 is 1.64 bits per heavy atom. The lowest BCUT2D eigenvalue weighted by Crippen LogP contribution is -2.34. The third-order valence-corrected chi connectivity index (χ3v) is 7.30. The molecule has 3 aromatic rings. The molecular weight excluding hydrogens is 531 g/mol. The van der Waals surface area contributed by atoms with Crippen molar-refractivity contribution < 1.29 is 32.2 Å². The highest BCUT2D eigenvalue weighted by molar-refractivity contribution is 7.92. The molecule has 1 heterocycles. The molecular formula is C25H29FN6O6S. The van der Waals surface area contributed by atoms with Crippen molar-refractivity contribution >= 4 is 39.5 Å². The molecule has 0 aliphatic rings. The summed E-state index contributed by atoms with van der Waals surface area (Å²) < 4.78 is 45.9. The van der Waals surface area contributed by atoms with Gasteiger partial charge in [-0.15, -0.1) is 0 Å². The van der Waals surface area contributed by atoms with E-state index in [0.29, 0.717) is 11.3 Å². The van der Waals surface area contributed by atoms with Crippen molar-refractivity contribution in [3.8, 4) is 5.75 Å². The van der Waals surface area contributed by atoms with E-state index in [9.17, 15) is 27.5 Å². The first-order valence-electron chi connectivity index (χ1n) is 11.6. The number of carboxylic acids is 1. The van der Waals surface area contributed by atoms with Gasteiger partial charge in [-0.2, -0.15) is 4.98 Å². The summed E-state index contributed by atoms with van der Waals surface area (Å²) in [6.45, 7) is 0. The summed E-state index contributed by atoms with van der Waals surface area (Å²) in [6.07, 6.45) is 0.700. The van der Waals surface area contributed by atoms with Gasteiger partial charge in [0.05, 0.1) is 11.1 Å². The molecule has 0 fully saturated rings. The largest absolute Gasteiger partial charge is 0.480 e. The van der Waals surface area contributed by atoms with E-state index < -0.39 is 33.9 Å². The van der Waals surface area contributed by atoms with Gasteiger partial charge in [0.15, 0.2) is 5.82 Å². The fourth-order valence-corrected chi connectivity index (χ4v) is 4.49. The average Bonchev–Trinajstić information content (AvgIpc) is 2.88. The Balaban J connectivity index is 1.92. The second-order valence-corrected chi connectivity index (χ2v) is 10.8. The maximum Gasteiger partial charge on any atom is 0.414 e. The predicted octanol–water partition coefficient (Wildman–Crippen LogP) is 2.67. The van der Waals surface area contributed by atoms with E-state index >= 15 is 0 Å². The van der Waals surface area contributed by atoms with Crippen molar-refractivity contribution in [3.63, 3.8) is 0 Å². The van der Waals surface area contributed by atoms with Crippen LogP contribution in [0.25, 0.3) is 0 Å². The summed E-state index contributed by atoms with van der Waals surface area (Å²) in [4.78, 5) is 35.1. The van der Waals surface area contributed by atoms with Gasteiger partial charge in [0.2, 0.25) is 5.95 Å². The lowest BCUT2D eigenvalue weighted by atomic mass is 10.1. The van der Waals surface area contributed by atoms with E-state index in [1.807, 2.05) is 0 Å². The Morgan fingerprint density at radius 1 is 1.03 bits per heavy atom. The fourth-order valence-electron chi connectivity index (χ4n) is 3.30. The number of carbonyl (C=O) groups is 2. The van der Waals surface area contributed by atoms with E-state index in [0.717, 1.165) is 28.6 Å². The van der Waals surface area contributed by atoms with Gasteiger partial charge < -0.3 is 25.0 Å². The van der Waals surface area contributed by atoms with Crippen LogP contribution >= 0.6 is 0 Å². The molecule has 0 aliphatic heterocycles. The van der Waals surface area contributed by atoms with Gasteiger partial charge in [0.1, 0.15) is 23.3 Å². The molecule has 208 valence electrons. The van der Waals surface area contributed by atoms with Crippen LogP contribution in [0.1, 0.15) is 5.56 Å². The van der Waals surface area contributed by atoms with Crippen LogP contribution in [0.15, 0.2) is 59.6 Å². The molecule has 2 N–H and O–H groups in total. The predicted molar refractivity (Wildman–Crippen MR) is 143 cm³/mol. The molecule has 0 saturated carbocycles. The van der Waals surface area contributed by atoms with Crippen LogP contribution in [-0.2, 0) is 21.2 Å². The summed E-state index contributed by atoms with van der Waals surface area (Å²) in [5.41, 5.74) is 0.595. The number of sulfonamides is 1. The van der Waals surface area contributed by atoms with Crippen LogP contribution in [0, 0.1) is 5.82 Å². The van der Waals surface area contributed by atoms with Gasteiger partial charge in [0, 0.05) is 41.7 Å². The minimum atomic E-state index is -4.16. The quantitative estimate of drug-likeness (QED) is 0.380. The maximum absolute atomic E-state index is 13.4. The van der Waals surface area contributed by atoms with Crippen molar-refractivity contribution in [2.75, 3.05) is 49.8 Å². The van der Waals surface area contributed by atoms with E-state index in [1.54, 1.807) is 57.4 Å². The molecule has 3 rings (SSSR count). The van der Waals surface area contributed by atoms with E-state index in [-0.39, 0.29) is 28.8 Å².